The van der Waals surface area contributed by atoms with E-state index < -0.39 is 30.4 Å². The molecule has 2 bridgehead atoms. The van der Waals surface area contributed by atoms with Gasteiger partial charge >= 0.3 is 0 Å². The van der Waals surface area contributed by atoms with Crippen LogP contribution in [-0.2, 0) is 22.6 Å². The molecule has 3 aliphatic carbocycles. The largest absolute Gasteiger partial charge is 0.496 e. The van der Waals surface area contributed by atoms with Crippen molar-refractivity contribution in [3.63, 3.8) is 0 Å². The van der Waals surface area contributed by atoms with E-state index in [1.165, 1.54) is 6.42 Å². The molecule has 288 valence electrons. The number of carbonyl (C=O) groups excluding carboxylic acids is 1. The molecule has 1 aliphatic heterocycles. The molecule has 3 aromatic rings. The molecule has 6 N–H and O–H groups in total. The van der Waals surface area contributed by atoms with Gasteiger partial charge in [0.05, 0.1) is 25.9 Å². The molecular weight excluding hydrogens is 668 g/mol. The number of methoxy groups -OCH3 is 1. The Morgan fingerprint density at radius 2 is 1.91 bits per heavy atom. The predicted octanol–water partition coefficient (Wildman–Crippen LogP) is 4.14. The van der Waals surface area contributed by atoms with Crippen molar-refractivity contribution in [3.05, 3.63) is 83.7 Å². The molecule has 0 radical (unpaired) electrons. The second kappa shape index (κ2) is 16.5. The lowest BCUT2D eigenvalue weighted by atomic mass is 9.45. The monoisotopic (exact) mass is 728 g/mol. The van der Waals surface area contributed by atoms with Crippen LogP contribution in [0, 0.1) is 29.1 Å². The lowest BCUT2D eigenvalue weighted by Gasteiger charge is -2.62. The highest BCUT2D eigenvalue weighted by Crippen LogP contribution is 2.61. The number of nitrogens with one attached hydrogen (secondary N) is 2. The maximum absolute atomic E-state index is 14.2. The van der Waals surface area contributed by atoms with Crippen molar-refractivity contribution in [2.24, 2.45) is 34.8 Å². The maximum atomic E-state index is 14.2. The molecule has 3 saturated carbocycles. The molecule has 53 heavy (non-hydrogen) atoms. The number of aromatic nitrogens is 1. The van der Waals surface area contributed by atoms with E-state index in [9.17, 15) is 15.0 Å². The molecule has 2 heterocycles. The van der Waals surface area contributed by atoms with Crippen molar-refractivity contribution in [1.29, 1.82) is 0 Å². The molecule has 0 spiro atoms. The Hall–Kier alpha value is -3.42. The summed E-state index contributed by atoms with van der Waals surface area (Å²) >= 11 is 0. The summed E-state index contributed by atoms with van der Waals surface area (Å²) in [4.78, 5) is 27.2. The van der Waals surface area contributed by atoms with Crippen molar-refractivity contribution in [2.45, 2.75) is 90.1 Å². The fourth-order valence-corrected chi connectivity index (χ4v) is 9.46. The topological polar surface area (TPSA) is 145 Å². The van der Waals surface area contributed by atoms with Crippen LogP contribution < -0.4 is 21.1 Å². The average molecular weight is 729 g/mol. The van der Waals surface area contributed by atoms with Crippen molar-refractivity contribution in [1.82, 2.24) is 25.6 Å². The highest BCUT2D eigenvalue weighted by Gasteiger charge is 2.57. The van der Waals surface area contributed by atoms with Crippen LogP contribution in [0.5, 0.6) is 5.75 Å². The first kappa shape index (κ1) is 39.3. The Morgan fingerprint density at radius 1 is 1.13 bits per heavy atom. The number of nitrogens with zero attached hydrogens (tertiary/aromatic N) is 3. The third kappa shape index (κ3) is 8.32. The number of aliphatic hydroxyl groups is 2. The first-order valence-electron chi connectivity index (χ1n) is 19.2. The van der Waals surface area contributed by atoms with Gasteiger partial charge in [-0.3, -0.25) is 19.9 Å². The number of rotatable bonds is 15. The maximum Gasteiger partial charge on any atom is 0.240 e. The fraction of sp³-hybridized carbons (Fsp3) is 0.571. The number of para-hydroxylation sites is 1. The zero-order chi connectivity index (χ0) is 38.0. The summed E-state index contributed by atoms with van der Waals surface area (Å²) in [6, 6.07) is 18.9. The predicted molar refractivity (Wildman–Crippen MR) is 206 cm³/mol. The second-order valence-electron chi connectivity index (χ2n) is 16.5. The van der Waals surface area contributed by atoms with E-state index in [1.54, 1.807) is 25.3 Å². The second-order valence-corrected chi connectivity index (χ2v) is 16.5. The van der Waals surface area contributed by atoms with Crippen molar-refractivity contribution in [2.75, 3.05) is 34.3 Å². The number of carbonyl (C=O) groups is 1. The molecular formula is C42H60N6O5. The Bertz CT molecular complexity index is 1690. The van der Waals surface area contributed by atoms with E-state index >= 15 is 0 Å². The van der Waals surface area contributed by atoms with Gasteiger partial charge < -0.3 is 30.9 Å². The fourth-order valence-electron chi connectivity index (χ4n) is 9.46. The van der Waals surface area contributed by atoms with E-state index in [1.807, 2.05) is 74.8 Å². The molecule has 10 atom stereocenters. The Kier molecular flexibility index (Phi) is 12.2. The number of nitrogens with two attached hydrogens (primary N) is 1. The molecule has 1 unspecified atom stereocenters. The molecule has 2 aromatic carbocycles. The van der Waals surface area contributed by atoms with E-state index in [0.717, 1.165) is 40.9 Å². The summed E-state index contributed by atoms with van der Waals surface area (Å²) in [5.41, 5.74) is 10.7. The minimum absolute atomic E-state index is 0.0382. The van der Waals surface area contributed by atoms with Crippen molar-refractivity contribution < 1.29 is 24.6 Å². The highest BCUT2D eigenvalue weighted by atomic mass is 16.7. The van der Waals surface area contributed by atoms with Gasteiger partial charge in [-0.15, -0.1) is 0 Å². The molecule has 4 aliphatic rings. The lowest BCUT2D eigenvalue weighted by molar-refractivity contribution is -0.175. The van der Waals surface area contributed by atoms with Gasteiger partial charge in [-0.05, 0) is 86.4 Å². The van der Waals surface area contributed by atoms with Crippen molar-refractivity contribution in [3.8, 4) is 16.9 Å². The standard InChI is InChI=1S/C42H60N6O5/c1-25-34-19-30(42(34,3)4)20-35(25)46-41(51)38-37(26(2)49)36(22-43)53-48(38)23-29-14-11-16-33(39(29)52-7)27-12-10-13-28(18-27)40(50)45-32(24-47(5)6)21-31-15-8-9-17-44-31/h8-18,25-26,30,32,34-38,40,45,49-50H,19-24,43H2,1-7H3,(H,46,51)/t25-,26-,30+,32-,34-,35-,36-,37+,38-,40?/m0/s1. The van der Waals surface area contributed by atoms with Gasteiger partial charge in [-0.25, -0.2) is 0 Å². The molecule has 11 nitrogen and oxygen atoms in total. The normalized spacial score (nSPS) is 28.2. The highest BCUT2D eigenvalue weighted by molar-refractivity contribution is 5.83. The third-order valence-electron chi connectivity index (χ3n) is 12.4. The van der Waals surface area contributed by atoms with Gasteiger partial charge in [0.15, 0.2) is 0 Å². The summed E-state index contributed by atoms with van der Waals surface area (Å²) in [5.74, 6) is 1.55. The van der Waals surface area contributed by atoms with Gasteiger partial charge in [0.25, 0.3) is 0 Å². The van der Waals surface area contributed by atoms with Crippen LogP contribution in [0.25, 0.3) is 11.1 Å². The Morgan fingerprint density at radius 3 is 2.55 bits per heavy atom. The SMILES string of the molecule is COc1c(CN2O[C@@H](CN)[C@@H]([C@H](C)O)[C@H]2C(=O)N[C@H]2C[C@H]3C[C@@H]([C@@H]2C)C3(C)C)cccc1-c1cccc(C(O)N[C@@H](Cc2ccccn2)CN(C)C)c1. The molecule has 7 rings (SSSR count). The number of hydroxylamine groups is 2. The number of amides is 1. The van der Waals surface area contributed by atoms with Crippen LogP contribution in [0.4, 0.5) is 0 Å². The van der Waals surface area contributed by atoms with E-state index in [2.05, 4.69) is 41.3 Å². The van der Waals surface area contributed by atoms with Crippen LogP contribution in [0.2, 0.25) is 0 Å². The summed E-state index contributed by atoms with van der Waals surface area (Å²) in [6.45, 7) is 9.82. The van der Waals surface area contributed by atoms with Crippen LogP contribution in [0.3, 0.4) is 0 Å². The van der Waals surface area contributed by atoms with E-state index in [-0.39, 0.29) is 31.1 Å². The summed E-state index contributed by atoms with van der Waals surface area (Å²) in [5, 5.41) is 30.9. The summed E-state index contributed by atoms with van der Waals surface area (Å²) < 4.78 is 6.06. The number of likely N-dealkylation sites (N-methyl/N-ethyl adjacent to an activating group) is 1. The number of fused-ring (bicyclic) bond motifs is 2. The van der Waals surface area contributed by atoms with Gasteiger partial charge in [-0.2, -0.15) is 5.06 Å². The Labute approximate surface area is 315 Å². The molecule has 11 heteroatoms. The average Bonchev–Trinajstić information content (AvgIpc) is 3.51. The molecule has 4 fully saturated rings. The van der Waals surface area contributed by atoms with Crippen LogP contribution in [0.1, 0.15) is 63.6 Å². The molecule has 1 amide bonds. The number of ether oxygens (including phenoxy) is 1. The zero-order valence-electron chi connectivity index (χ0n) is 32.4. The first-order valence-corrected chi connectivity index (χ1v) is 19.2. The number of benzene rings is 2. The first-order chi connectivity index (χ1) is 25.3. The number of hydrogen-bond acceptors (Lipinski definition) is 10. The third-order valence-corrected chi connectivity index (χ3v) is 12.4. The lowest BCUT2D eigenvalue weighted by Crippen LogP contribution is -2.62. The Balaban J connectivity index is 1.22. The van der Waals surface area contributed by atoms with E-state index in [4.69, 9.17) is 15.3 Å². The number of pyridine rings is 1. The van der Waals surface area contributed by atoms with Crippen LogP contribution in [0.15, 0.2) is 66.9 Å². The van der Waals surface area contributed by atoms with Crippen LogP contribution in [-0.4, -0.2) is 95.7 Å². The van der Waals surface area contributed by atoms with Crippen LogP contribution >= 0.6 is 0 Å². The molecule has 1 aromatic heterocycles. The smallest absolute Gasteiger partial charge is 0.240 e. The number of hydrogen-bond donors (Lipinski definition) is 5. The minimum Gasteiger partial charge on any atom is -0.496 e. The van der Waals surface area contributed by atoms with Crippen molar-refractivity contribution >= 4 is 5.91 Å². The summed E-state index contributed by atoms with van der Waals surface area (Å²) in [7, 11) is 5.67. The summed E-state index contributed by atoms with van der Waals surface area (Å²) in [6.07, 6.45) is 2.41. The van der Waals surface area contributed by atoms with Gasteiger partial charge in [0, 0.05) is 60.5 Å². The zero-order valence-corrected chi connectivity index (χ0v) is 32.4. The number of aliphatic hydroxyl groups excluding tert-OH is 2. The van der Waals surface area contributed by atoms with Gasteiger partial charge in [0.2, 0.25) is 5.91 Å². The minimum atomic E-state index is -0.912. The van der Waals surface area contributed by atoms with Gasteiger partial charge in [-0.1, -0.05) is 63.2 Å². The quantitative estimate of drug-likeness (QED) is 0.145. The van der Waals surface area contributed by atoms with E-state index in [0.29, 0.717) is 35.3 Å². The molecule has 1 saturated heterocycles. The van der Waals surface area contributed by atoms with Gasteiger partial charge in [0.1, 0.15) is 18.0 Å².